The van der Waals surface area contributed by atoms with E-state index in [4.69, 9.17) is 0 Å². The Morgan fingerprint density at radius 1 is 0.886 bits per heavy atom. The van der Waals surface area contributed by atoms with Crippen LogP contribution in [0.2, 0.25) is 0 Å². The Bertz CT molecular complexity index is 1290. The zero-order valence-corrected chi connectivity index (χ0v) is 22.5. The smallest absolute Gasteiger partial charge is 0.264 e. The molecule has 0 bridgehead atoms. The number of carbonyl (C=O) groups is 1. The molecular weight excluding hydrogens is 456 g/mol. The monoisotopic (exact) mass is 492 g/mol. The lowest BCUT2D eigenvalue weighted by molar-refractivity contribution is -0.120. The highest BCUT2D eigenvalue weighted by Gasteiger charge is 2.28. The maximum atomic E-state index is 13.6. The predicted molar refractivity (Wildman–Crippen MR) is 143 cm³/mol. The minimum Gasteiger partial charge on any atom is -0.348 e. The van der Waals surface area contributed by atoms with Crippen LogP contribution in [0.4, 0.5) is 5.69 Å². The van der Waals surface area contributed by atoms with Crippen LogP contribution in [-0.2, 0) is 20.2 Å². The number of amides is 1. The first-order valence-electron chi connectivity index (χ1n) is 11.9. The lowest BCUT2D eigenvalue weighted by atomic mass is 9.86. The molecule has 186 valence electrons. The van der Waals surface area contributed by atoms with E-state index >= 15 is 0 Å². The van der Waals surface area contributed by atoms with Gasteiger partial charge in [0.25, 0.3) is 10.0 Å². The molecule has 0 aliphatic heterocycles. The summed E-state index contributed by atoms with van der Waals surface area (Å²) in [5.41, 5.74) is 5.66. The molecule has 0 fully saturated rings. The van der Waals surface area contributed by atoms with Crippen LogP contribution in [0.5, 0.6) is 0 Å². The normalized spacial score (nSPS) is 12.8. The molecule has 0 aromatic heterocycles. The van der Waals surface area contributed by atoms with Crippen molar-refractivity contribution >= 4 is 21.6 Å². The van der Waals surface area contributed by atoms with Gasteiger partial charge in [0, 0.05) is 0 Å². The molecule has 0 unspecified atom stereocenters. The summed E-state index contributed by atoms with van der Waals surface area (Å²) in [6.45, 7) is 13.9. The van der Waals surface area contributed by atoms with Crippen molar-refractivity contribution in [1.29, 1.82) is 0 Å². The van der Waals surface area contributed by atoms with Gasteiger partial charge in [-0.05, 0) is 79.6 Å². The van der Waals surface area contributed by atoms with E-state index in [0.717, 1.165) is 22.3 Å². The van der Waals surface area contributed by atoms with E-state index in [0.29, 0.717) is 5.69 Å². The van der Waals surface area contributed by atoms with Gasteiger partial charge in [0.1, 0.15) is 6.54 Å². The van der Waals surface area contributed by atoms with E-state index < -0.39 is 10.0 Å². The van der Waals surface area contributed by atoms with E-state index in [1.54, 1.807) is 30.3 Å². The molecule has 1 N–H and O–H groups in total. The predicted octanol–water partition coefficient (Wildman–Crippen LogP) is 5.98. The number of nitrogens with one attached hydrogen (secondary N) is 1. The Labute approximate surface area is 210 Å². The Balaban J connectivity index is 1.87. The Kier molecular flexibility index (Phi) is 7.75. The van der Waals surface area contributed by atoms with Crippen LogP contribution in [0.3, 0.4) is 0 Å². The van der Waals surface area contributed by atoms with Gasteiger partial charge < -0.3 is 5.32 Å². The van der Waals surface area contributed by atoms with Crippen LogP contribution in [0, 0.1) is 20.8 Å². The number of aryl methyl sites for hydroxylation is 3. The fourth-order valence-corrected chi connectivity index (χ4v) is 5.22. The molecule has 0 aliphatic carbocycles. The Morgan fingerprint density at radius 3 is 2.03 bits per heavy atom. The van der Waals surface area contributed by atoms with Gasteiger partial charge in [0.15, 0.2) is 0 Å². The standard InChI is InChI=1S/C29H36N2O3S/c1-20-8-16-27(17-9-20)35(33,34)31(26-15-10-21(2)22(3)18-26)19-28(32)30-23(4)24-11-13-25(14-12-24)29(5,6)7/h8-18,23H,19H2,1-7H3,(H,30,32)/t23-/m1/s1. The SMILES string of the molecule is Cc1ccc(S(=O)(=O)N(CC(=O)N[C@H](C)c2ccc(C(C)(C)C)cc2)c2ccc(C)c(C)c2)cc1. The molecule has 0 saturated heterocycles. The summed E-state index contributed by atoms with van der Waals surface area (Å²) in [7, 11) is -3.95. The van der Waals surface area contributed by atoms with E-state index in [1.807, 2.05) is 52.0 Å². The van der Waals surface area contributed by atoms with Crippen LogP contribution in [0.15, 0.2) is 71.6 Å². The van der Waals surface area contributed by atoms with Gasteiger partial charge in [-0.3, -0.25) is 9.10 Å². The third-order valence-electron chi connectivity index (χ3n) is 6.33. The molecule has 3 rings (SSSR count). The van der Waals surface area contributed by atoms with E-state index in [2.05, 4.69) is 38.2 Å². The molecular formula is C29H36N2O3S. The fraction of sp³-hybridized carbons (Fsp3) is 0.345. The van der Waals surface area contributed by atoms with Crippen LogP contribution in [-0.4, -0.2) is 20.9 Å². The van der Waals surface area contributed by atoms with Crippen molar-refractivity contribution in [3.05, 3.63) is 94.5 Å². The number of hydrogen-bond donors (Lipinski definition) is 1. The molecule has 5 nitrogen and oxygen atoms in total. The second kappa shape index (κ2) is 10.2. The molecule has 3 aromatic rings. The number of nitrogens with zero attached hydrogens (tertiary/aromatic N) is 1. The first-order valence-corrected chi connectivity index (χ1v) is 13.3. The first kappa shape index (κ1) is 26.5. The molecule has 0 heterocycles. The maximum absolute atomic E-state index is 13.6. The van der Waals surface area contributed by atoms with Gasteiger partial charge in [-0.25, -0.2) is 8.42 Å². The molecule has 0 radical (unpaired) electrons. The first-order chi connectivity index (χ1) is 16.3. The van der Waals surface area contributed by atoms with Crippen molar-refractivity contribution in [2.24, 2.45) is 0 Å². The average Bonchev–Trinajstić information content (AvgIpc) is 2.79. The number of rotatable bonds is 7. The summed E-state index contributed by atoms with van der Waals surface area (Å²) in [6.07, 6.45) is 0. The van der Waals surface area contributed by atoms with Crippen molar-refractivity contribution < 1.29 is 13.2 Å². The highest BCUT2D eigenvalue weighted by atomic mass is 32.2. The quantitative estimate of drug-likeness (QED) is 0.441. The molecule has 0 aliphatic rings. The molecule has 1 atom stereocenters. The van der Waals surface area contributed by atoms with Gasteiger partial charge in [-0.15, -0.1) is 0 Å². The summed E-state index contributed by atoms with van der Waals surface area (Å²) < 4.78 is 28.4. The van der Waals surface area contributed by atoms with Gasteiger partial charge in [-0.1, -0.05) is 68.8 Å². The fourth-order valence-electron chi connectivity index (χ4n) is 3.81. The number of sulfonamides is 1. The summed E-state index contributed by atoms with van der Waals surface area (Å²) in [4.78, 5) is 13.3. The van der Waals surface area contributed by atoms with Crippen molar-refractivity contribution in [2.75, 3.05) is 10.8 Å². The van der Waals surface area contributed by atoms with Gasteiger partial charge in [0.2, 0.25) is 5.91 Å². The van der Waals surface area contributed by atoms with Crippen molar-refractivity contribution in [3.63, 3.8) is 0 Å². The average molecular weight is 493 g/mol. The second-order valence-corrected chi connectivity index (χ2v) is 12.1. The molecule has 0 spiro atoms. The van der Waals surface area contributed by atoms with Crippen molar-refractivity contribution in [1.82, 2.24) is 5.32 Å². The topological polar surface area (TPSA) is 66.5 Å². The third kappa shape index (κ3) is 6.31. The minimum atomic E-state index is -3.95. The van der Waals surface area contributed by atoms with Crippen LogP contribution in [0.25, 0.3) is 0 Å². The van der Waals surface area contributed by atoms with Gasteiger partial charge in [0.05, 0.1) is 16.6 Å². The number of carbonyl (C=O) groups excluding carboxylic acids is 1. The summed E-state index contributed by atoms with van der Waals surface area (Å²) >= 11 is 0. The maximum Gasteiger partial charge on any atom is 0.264 e. The molecule has 6 heteroatoms. The zero-order valence-electron chi connectivity index (χ0n) is 21.7. The van der Waals surface area contributed by atoms with E-state index in [-0.39, 0.29) is 28.8 Å². The molecule has 1 amide bonds. The third-order valence-corrected chi connectivity index (χ3v) is 8.12. The van der Waals surface area contributed by atoms with E-state index in [9.17, 15) is 13.2 Å². The van der Waals surface area contributed by atoms with Crippen molar-refractivity contribution in [3.8, 4) is 0 Å². The molecule has 3 aromatic carbocycles. The number of benzene rings is 3. The molecule has 35 heavy (non-hydrogen) atoms. The van der Waals surface area contributed by atoms with E-state index in [1.165, 1.54) is 9.87 Å². The summed E-state index contributed by atoms with van der Waals surface area (Å²) in [5.74, 6) is -0.369. The van der Waals surface area contributed by atoms with Gasteiger partial charge in [-0.2, -0.15) is 0 Å². The Morgan fingerprint density at radius 2 is 1.49 bits per heavy atom. The number of anilines is 1. The largest absolute Gasteiger partial charge is 0.348 e. The van der Waals surface area contributed by atoms with Gasteiger partial charge >= 0.3 is 0 Å². The highest BCUT2D eigenvalue weighted by Crippen LogP contribution is 2.27. The zero-order chi connectivity index (χ0) is 26.0. The van der Waals surface area contributed by atoms with Crippen LogP contribution >= 0.6 is 0 Å². The van der Waals surface area contributed by atoms with Crippen LogP contribution in [0.1, 0.15) is 61.6 Å². The minimum absolute atomic E-state index is 0.0437. The summed E-state index contributed by atoms with van der Waals surface area (Å²) in [6, 6.07) is 20.0. The summed E-state index contributed by atoms with van der Waals surface area (Å²) in [5, 5.41) is 2.97. The lowest BCUT2D eigenvalue weighted by Crippen LogP contribution is -2.41. The Hall–Kier alpha value is -3.12. The van der Waals surface area contributed by atoms with Crippen LogP contribution < -0.4 is 9.62 Å². The number of hydrogen-bond acceptors (Lipinski definition) is 3. The second-order valence-electron chi connectivity index (χ2n) is 10.3. The molecule has 0 saturated carbocycles. The lowest BCUT2D eigenvalue weighted by Gasteiger charge is -2.26. The highest BCUT2D eigenvalue weighted by molar-refractivity contribution is 7.92. The van der Waals surface area contributed by atoms with Crippen molar-refractivity contribution in [2.45, 2.75) is 64.8 Å².